The maximum atomic E-state index is 5.62. The van der Waals surface area contributed by atoms with Gasteiger partial charge in [-0.1, -0.05) is 6.92 Å². The number of furan rings is 1. The Labute approximate surface area is 86.1 Å². The van der Waals surface area contributed by atoms with Crippen molar-refractivity contribution in [2.75, 3.05) is 27.2 Å². The van der Waals surface area contributed by atoms with E-state index in [1.165, 1.54) is 0 Å². The summed E-state index contributed by atoms with van der Waals surface area (Å²) in [5.74, 6) is 2.13. The van der Waals surface area contributed by atoms with Gasteiger partial charge in [0.1, 0.15) is 11.5 Å². The van der Waals surface area contributed by atoms with Crippen molar-refractivity contribution < 1.29 is 4.42 Å². The topological polar surface area (TPSA) is 28.4 Å². The Morgan fingerprint density at radius 2 is 2.07 bits per heavy atom. The molecule has 80 valence electrons. The van der Waals surface area contributed by atoms with Crippen LogP contribution in [0.3, 0.4) is 0 Å². The minimum atomic E-state index is 0.891. The molecule has 1 heterocycles. The molecule has 0 amide bonds. The first-order valence-electron chi connectivity index (χ1n) is 5.17. The van der Waals surface area contributed by atoms with Crippen molar-refractivity contribution in [3.05, 3.63) is 23.7 Å². The molecule has 0 aliphatic rings. The molecule has 1 N–H and O–H groups in total. The summed E-state index contributed by atoms with van der Waals surface area (Å²) in [5, 5.41) is 3.13. The molecule has 3 heteroatoms. The average Bonchev–Trinajstić information content (AvgIpc) is 2.62. The fourth-order valence-corrected chi connectivity index (χ4v) is 1.35. The standard InChI is InChI=1S/C11H20N2O/c1-4-10-5-6-11(14-10)9-13(3)8-7-12-2/h5-6,12H,4,7-9H2,1-3H3. The van der Waals surface area contributed by atoms with Crippen LogP contribution in [0.2, 0.25) is 0 Å². The number of nitrogens with one attached hydrogen (secondary N) is 1. The summed E-state index contributed by atoms with van der Waals surface area (Å²) in [4.78, 5) is 2.24. The predicted molar refractivity (Wildman–Crippen MR) is 58.3 cm³/mol. The summed E-state index contributed by atoms with van der Waals surface area (Å²) >= 11 is 0. The highest BCUT2D eigenvalue weighted by Crippen LogP contribution is 2.09. The number of likely N-dealkylation sites (N-methyl/N-ethyl adjacent to an activating group) is 2. The average molecular weight is 196 g/mol. The molecular weight excluding hydrogens is 176 g/mol. The third kappa shape index (κ3) is 3.52. The second kappa shape index (κ2) is 5.83. The highest BCUT2D eigenvalue weighted by molar-refractivity contribution is 5.06. The van der Waals surface area contributed by atoms with Crippen LogP contribution in [0.25, 0.3) is 0 Å². The molecule has 0 bridgehead atoms. The van der Waals surface area contributed by atoms with E-state index in [4.69, 9.17) is 4.42 Å². The number of hydrogen-bond donors (Lipinski definition) is 1. The molecule has 0 saturated carbocycles. The molecule has 1 rings (SSSR count). The molecule has 3 nitrogen and oxygen atoms in total. The lowest BCUT2D eigenvalue weighted by molar-refractivity contribution is 0.292. The van der Waals surface area contributed by atoms with Gasteiger partial charge in [0.05, 0.1) is 6.54 Å². The number of nitrogens with zero attached hydrogens (tertiary/aromatic N) is 1. The maximum absolute atomic E-state index is 5.62. The summed E-state index contributed by atoms with van der Waals surface area (Å²) in [6.45, 7) is 5.05. The minimum Gasteiger partial charge on any atom is -0.465 e. The first-order chi connectivity index (χ1) is 6.76. The third-order valence-corrected chi connectivity index (χ3v) is 2.24. The van der Waals surface area contributed by atoms with Crippen LogP contribution in [0.5, 0.6) is 0 Å². The quantitative estimate of drug-likeness (QED) is 0.747. The van der Waals surface area contributed by atoms with Crippen molar-refractivity contribution >= 4 is 0 Å². The van der Waals surface area contributed by atoms with Gasteiger partial charge in [-0.3, -0.25) is 4.90 Å². The van der Waals surface area contributed by atoms with Gasteiger partial charge < -0.3 is 9.73 Å². The van der Waals surface area contributed by atoms with E-state index >= 15 is 0 Å². The van der Waals surface area contributed by atoms with E-state index in [9.17, 15) is 0 Å². The Hall–Kier alpha value is -0.800. The van der Waals surface area contributed by atoms with Crippen molar-refractivity contribution in [1.82, 2.24) is 10.2 Å². The molecule has 0 saturated heterocycles. The molecule has 14 heavy (non-hydrogen) atoms. The molecule has 0 atom stereocenters. The fraction of sp³-hybridized carbons (Fsp3) is 0.636. The number of rotatable bonds is 6. The summed E-state index contributed by atoms with van der Waals surface area (Å²) in [6.07, 6.45) is 0.972. The van der Waals surface area contributed by atoms with E-state index in [1.807, 2.05) is 7.05 Å². The van der Waals surface area contributed by atoms with E-state index in [0.29, 0.717) is 0 Å². The van der Waals surface area contributed by atoms with Crippen LogP contribution in [0, 0.1) is 0 Å². The molecule has 1 aromatic heterocycles. The van der Waals surface area contributed by atoms with Crippen LogP contribution in [0.1, 0.15) is 18.4 Å². The summed E-state index contributed by atoms with van der Waals surface area (Å²) in [5.41, 5.74) is 0. The highest BCUT2D eigenvalue weighted by atomic mass is 16.3. The summed E-state index contributed by atoms with van der Waals surface area (Å²) in [7, 11) is 4.07. The Bertz CT molecular complexity index is 258. The van der Waals surface area contributed by atoms with Gasteiger partial charge in [-0.15, -0.1) is 0 Å². The van der Waals surface area contributed by atoms with E-state index in [1.54, 1.807) is 0 Å². The Kier molecular flexibility index (Phi) is 4.70. The second-order valence-electron chi connectivity index (χ2n) is 3.56. The Morgan fingerprint density at radius 1 is 1.36 bits per heavy atom. The monoisotopic (exact) mass is 196 g/mol. The van der Waals surface area contributed by atoms with Crippen LogP contribution in [-0.2, 0) is 13.0 Å². The molecule has 0 unspecified atom stereocenters. The normalized spacial score (nSPS) is 11.1. The second-order valence-corrected chi connectivity index (χ2v) is 3.56. The Morgan fingerprint density at radius 3 is 2.64 bits per heavy atom. The van der Waals surface area contributed by atoms with Crippen molar-refractivity contribution in [2.45, 2.75) is 19.9 Å². The first-order valence-corrected chi connectivity index (χ1v) is 5.17. The SMILES string of the molecule is CCc1ccc(CN(C)CCNC)o1. The fourth-order valence-electron chi connectivity index (χ4n) is 1.35. The van der Waals surface area contributed by atoms with Crippen molar-refractivity contribution in [3.63, 3.8) is 0 Å². The van der Waals surface area contributed by atoms with Crippen LogP contribution >= 0.6 is 0 Å². The van der Waals surface area contributed by atoms with Gasteiger partial charge in [0.2, 0.25) is 0 Å². The lowest BCUT2D eigenvalue weighted by Gasteiger charge is -2.14. The van der Waals surface area contributed by atoms with Crippen molar-refractivity contribution in [1.29, 1.82) is 0 Å². The zero-order chi connectivity index (χ0) is 10.4. The molecule has 0 aliphatic heterocycles. The molecule has 0 spiro atoms. The predicted octanol–water partition coefficient (Wildman–Crippen LogP) is 1.49. The molecule has 0 fully saturated rings. The van der Waals surface area contributed by atoms with Crippen LogP contribution in [0.4, 0.5) is 0 Å². The van der Waals surface area contributed by atoms with E-state index in [-0.39, 0.29) is 0 Å². The molecule has 1 aromatic rings. The zero-order valence-electron chi connectivity index (χ0n) is 9.34. The van der Waals surface area contributed by atoms with Gasteiger partial charge in [0.25, 0.3) is 0 Å². The van der Waals surface area contributed by atoms with E-state index in [0.717, 1.165) is 37.6 Å². The largest absolute Gasteiger partial charge is 0.465 e. The molecule has 0 aromatic carbocycles. The first kappa shape index (κ1) is 11.3. The van der Waals surface area contributed by atoms with Crippen molar-refractivity contribution in [3.8, 4) is 0 Å². The lowest BCUT2D eigenvalue weighted by atomic mass is 10.3. The van der Waals surface area contributed by atoms with Gasteiger partial charge in [0, 0.05) is 19.5 Å². The van der Waals surface area contributed by atoms with Crippen LogP contribution < -0.4 is 5.32 Å². The maximum Gasteiger partial charge on any atom is 0.118 e. The van der Waals surface area contributed by atoms with E-state index < -0.39 is 0 Å². The van der Waals surface area contributed by atoms with Gasteiger partial charge in [-0.2, -0.15) is 0 Å². The lowest BCUT2D eigenvalue weighted by Crippen LogP contribution is -2.26. The smallest absolute Gasteiger partial charge is 0.118 e. The van der Waals surface area contributed by atoms with Gasteiger partial charge in [-0.05, 0) is 26.2 Å². The third-order valence-electron chi connectivity index (χ3n) is 2.24. The Balaban J connectivity index is 2.35. The molecular formula is C11H20N2O. The molecule has 0 radical (unpaired) electrons. The summed E-state index contributed by atoms with van der Waals surface area (Å²) < 4.78 is 5.62. The summed E-state index contributed by atoms with van der Waals surface area (Å²) in [6, 6.07) is 4.12. The van der Waals surface area contributed by atoms with Gasteiger partial charge >= 0.3 is 0 Å². The van der Waals surface area contributed by atoms with Gasteiger partial charge in [0.15, 0.2) is 0 Å². The number of aryl methyl sites for hydroxylation is 1. The van der Waals surface area contributed by atoms with Crippen LogP contribution in [-0.4, -0.2) is 32.1 Å². The van der Waals surface area contributed by atoms with Crippen molar-refractivity contribution in [2.24, 2.45) is 0 Å². The molecule has 0 aliphatic carbocycles. The zero-order valence-corrected chi connectivity index (χ0v) is 9.34. The van der Waals surface area contributed by atoms with Gasteiger partial charge in [-0.25, -0.2) is 0 Å². The highest BCUT2D eigenvalue weighted by Gasteiger charge is 2.03. The minimum absolute atomic E-state index is 0.891. The van der Waals surface area contributed by atoms with Crippen LogP contribution in [0.15, 0.2) is 16.5 Å². The van der Waals surface area contributed by atoms with E-state index in [2.05, 4.69) is 36.3 Å². The number of hydrogen-bond acceptors (Lipinski definition) is 3.